The van der Waals surface area contributed by atoms with E-state index in [0.717, 1.165) is 76.7 Å². The molecule has 0 atom stereocenters. The normalized spacial score (nSPS) is 16.9. The third-order valence-corrected chi connectivity index (χ3v) is 5.96. The standard InChI is InChI=1S/C23H37N5O4.HI/c1-5-24-23(25-16-21(29)27-8-6-7-9-27)28-12-10-26(11-13-28)17-18-14-19(30-2)22(32-4)20(15-18)31-3;/h14-15H,5-13,16-17H2,1-4H3,(H,24,25);1H. The molecule has 2 aliphatic rings. The number of ether oxygens (including phenoxy) is 3. The molecule has 9 nitrogen and oxygen atoms in total. The summed E-state index contributed by atoms with van der Waals surface area (Å²) < 4.78 is 16.4. The number of carbonyl (C=O) groups excluding carboxylic acids is 1. The Hall–Kier alpha value is -1.95. The van der Waals surface area contributed by atoms with Gasteiger partial charge in [-0.3, -0.25) is 9.69 Å². The lowest BCUT2D eigenvalue weighted by Gasteiger charge is -2.36. The smallest absolute Gasteiger partial charge is 0.244 e. The van der Waals surface area contributed by atoms with Crippen molar-refractivity contribution in [2.24, 2.45) is 4.99 Å². The first-order valence-corrected chi connectivity index (χ1v) is 11.4. The molecule has 1 aromatic rings. The number of aliphatic imine (C=N–C) groups is 1. The number of amides is 1. The van der Waals surface area contributed by atoms with Crippen LogP contribution in [0.25, 0.3) is 0 Å². The highest BCUT2D eigenvalue weighted by molar-refractivity contribution is 14.0. The Morgan fingerprint density at radius 2 is 1.55 bits per heavy atom. The number of guanidine groups is 1. The lowest BCUT2D eigenvalue weighted by atomic mass is 10.1. The van der Waals surface area contributed by atoms with Crippen LogP contribution in [0.15, 0.2) is 17.1 Å². The molecule has 0 aromatic heterocycles. The number of methoxy groups -OCH3 is 3. The Kier molecular flexibility index (Phi) is 11.3. The predicted octanol–water partition coefficient (Wildman–Crippen LogP) is 2.04. The van der Waals surface area contributed by atoms with Crippen LogP contribution in [0.2, 0.25) is 0 Å². The number of likely N-dealkylation sites (tertiary alicyclic amines) is 1. The topological polar surface area (TPSA) is 78.9 Å². The maximum Gasteiger partial charge on any atom is 0.244 e. The minimum atomic E-state index is 0. The van der Waals surface area contributed by atoms with Crippen molar-refractivity contribution in [2.45, 2.75) is 26.3 Å². The Balaban J connectivity index is 0.00000385. The van der Waals surface area contributed by atoms with E-state index in [1.807, 2.05) is 17.0 Å². The van der Waals surface area contributed by atoms with Crippen molar-refractivity contribution in [1.29, 1.82) is 0 Å². The predicted molar refractivity (Wildman–Crippen MR) is 140 cm³/mol. The van der Waals surface area contributed by atoms with E-state index in [2.05, 4.69) is 27.0 Å². The molecule has 1 N–H and O–H groups in total. The van der Waals surface area contributed by atoms with Gasteiger partial charge in [-0.1, -0.05) is 0 Å². The summed E-state index contributed by atoms with van der Waals surface area (Å²) in [5, 5.41) is 3.35. The number of piperazine rings is 1. The van der Waals surface area contributed by atoms with Crippen LogP contribution >= 0.6 is 24.0 Å². The second-order valence-corrected chi connectivity index (χ2v) is 8.05. The van der Waals surface area contributed by atoms with E-state index in [0.29, 0.717) is 17.2 Å². The molecule has 2 saturated heterocycles. The largest absolute Gasteiger partial charge is 0.493 e. The summed E-state index contributed by atoms with van der Waals surface area (Å²) in [6.07, 6.45) is 2.20. The number of nitrogens with one attached hydrogen (secondary N) is 1. The van der Waals surface area contributed by atoms with Crippen LogP contribution in [0.3, 0.4) is 0 Å². The first-order chi connectivity index (χ1) is 15.6. The number of hydrogen-bond donors (Lipinski definition) is 1. The molecule has 0 spiro atoms. The zero-order valence-corrected chi connectivity index (χ0v) is 22.6. The van der Waals surface area contributed by atoms with E-state index in [1.165, 1.54) is 0 Å². The fraction of sp³-hybridized carbons (Fsp3) is 0.652. The molecule has 0 radical (unpaired) electrons. The van der Waals surface area contributed by atoms with Gasteiger partial charge in [-0.2, -0.15) is 0 Å². The summed E-state index contributed by atoms with van der Waals surface area (Å²) in [6, 6.07) is 4.01. The van der Waals surface area contributed by atoms with Crippen molar-refractivity contribution in [1.82, 2.24) is 20.0 Å². The van der Waals surface area contributed by atoms with E-state index in [9.17, 15) is 4.79 Å². The molecule has 0 bridgehead atoms. The Morgan fingerprint density at radius 1 is 0.939 bits per heavy atom. The molecule has 2 heterocycles. The Labute approximate surface area is 214 Å². The second-order valence-electron chi connectivity index (χ2n) is 8.05. The van der Waals surface area contributed by atoms with E-state index in [4.69, 9.17) is 14.2 Å². The van der Waals surface area contributed by atoms with Crippen LogP contribution in [-0.2, 0) is 11.3 Å². The molecule has 10 heteroatoms. The zero-order valence-electron chi connectivity index (χ0n) is 20.3. The van der Waals surface area contributed by atoms with Crippen molar-refractivity contribution in [2.75, 3.05) is 73.7 Å². The molecule has 0 aliphatic carbocycles. The quantitative estimate of drug-likeness (QED) is 0.289. The van der Waals surface area contributed by atoms with E-state index in [1.54, 1.807) is 21.3 Å². The van der Waals surface area contributed by atoms with E-state index in [-0.39, 0.29) is 36.4 Å². The molecule has 1 amide bonds. The van der Waals surface area contributed by atoms with Crippen molar-refractivity contribution < 1.29 is 19.0 Å². The van der Waals surface area contributed by atoms with Crippen molar-refractivity contribution >= 4 is 35.8 Å². The highest BCUT2D eigenvalue weighted by Crippen LogP contribution is 2.38. The van der Waals surface area contributed by atoms with Crippen LogP contribution in [0.4, 0.5) is 0 Å². The second kappa shape index (κ2) is 13.7. The van der Waals surface area contributed by atoms with Gasteiger partial charge >= 0.3 is 0 Å². The number of halogens is 1. The van der Waals surface area contributed by atoms with Crippen LogP contribution in [0.1, 0.15) is 25.3 Å². The minimum Gasteiger partial charge on any atom is -0.493 e. The van der Waals surface area contributed by atoms with Gasteiger partial charge < -0.3 is 29.3 Å². The number of rotatable bonds is 8. The molecular formula is C23H38IN5O4. The Bertz CT molecular complexity index is 768. The number of hydrogen-bond acceptors (Lipinski definition) is 6. The van der Waals surface area contributed by atoms with Crippen molar-refractivity contribution in [3.63, 3.8) is 0 Å². The summed E-state index contributed by atoms with van der Waals surface area (Å²) in [5.74, 6) is 2.90. The van der Waals surface area contributed by atoms with Gasteiger partial charge in [0, 0.05) is 52.4 Å². The summed E-state index contributed by atoms with van der Waals surface area (Å²) in [4.78, 5) is 23.6. The molecule has 1 aromatic carbocycles. The molecule has 2 aliphatic heterocycles. The summed E-state index contributed by atoms with van der Waals surface area (Å²) in [7, 11) is 4.88. The van der Waals surface area contributed by atoms with Crippen molar-refractivity contribution in [3.8, 4) is 17.2 Å². The third-order valence-electron chi connectivity index (χ3n) is 5.96. The lowest BCUT2D eigenvalue weighted by Crippen LogP contribution is -2.52. The van der Waals surface area contributed by atoms with Crippen molar-refractivity contribution in [3.05, 3.63) is 17.7 Å². The van der Waals surface area contributed by atoms with Crippen LogP contribution in [-0.4, -0.2) is 100 Å². The minimum absolute atomic E-state index is 0. The SMILES string of the molecule is CCNC(=NCC(=O)N1CCCC1)N1CCN(Cc2cc(OC)c(OC)c(OC)c2)CC1.I. The van der Waals surface area contributed by atoms with Gasteiger partial charge in [0.05, 0.1) is 21.3 Å². The molecule has 3 rings (SSSR count). The van der Waals surface area contributed by atoms with Crippen LogP contribution in [0.5, 0.6) is 17.2 Å². The first kappa shape index (κ1) is 27.3. The summed E-state index contributed by atoms with van der Waals surface area (Å²) in [6.45, 7) is 9.10. The van der Waals surface area contributed by atoms with Gasteiger partial charge in [0.25, 0.3) is 0 Å². The van der Waals surface area contributed by atoms with Crippen LogP contribution < -0.4 is 19.5 Å². The molecule has 186 valence electrons. The fourth-order valence-corrected chi connectivity index (χ4v) is 4.24. The van der Waals surface area contributed by atoms with E-state index < -0.39 is 0 Å². The fourth-order valence-electron chi connectivity index (χ4n) is 4.24. The average molecular weight is 575 g/mol. The summed E-state index contributed by atoms with van der Waals surface area (Å²) >= 11 is 0. The Morgan fingerprint density at radius 3 is 2.06 bits per heavy atom. The molecule has 0 saturated carbocycles. The van der Waals surface area contributed by atoms with Gasteiger partial charge in [0.1, 0.15) is 6.54 Å². The van der Waals surface area contributed by atoms with Crippen LogP contribution in [0, 0.1) is 0 Å². The van der Waals surface area contributed by atoms with E-state index >= 15 is 0 Å². The van der Waals surface area contributed by atoms with Gasteiger partial charge in [-0.15, -0.1) is 24.0 Å². The van der Waals surface area contributed by atoms with Gasteiger partial charge in [-0.25, -0.2) is 4.99 Å². The maximum atomic E-state index is 12.4. The highest BCUT2D eigenvalue weighted by Gasteiger charge is 2.22. The average Bonchev–Trinajstić information content (AvgIpc) is 3.36. The maximum absolute atomic E-state index is 12.4. The number of carbonyl (C=O) groups is 1. The molecule has 2 fully saturated rings. The van der Waals surface area contributed by atoms with Gasteiger partial charge in [0.15, 0.2) is 17.5 Å². The first-order valence-electron chi connectivity index (χ1n) is 11.4. The lowest BCUT2D eigenvalue weighted by molar-refractivity contribution is -0.128. The summed E-state index contributed by atoms with van der Waals surface area (Å²) in [5.41, 5.74) is 1.12. The number of benzene rings is 1. The zero-order chi connectivity index (χ0) is 22.9. The van der Waals surface area contributed by atoms with Gasteiger partial charge in [-0.05, 0) is 37.5 Å². The third kappa shape index (κ3) is 7.26. The molecule has 33 heavy (non-hydrogen) atoms. The number of nitrogens with zero attached hydrogens (tertiary/aromatic N) is 4. The molecular weight excluding hydrogens is 537 g/mol. The molecule has 0 unspecified atom stereocenters. The van der Waals surface area contributed by atoms with Gasteiger partial charge in [0.2, 0.25) is 11.7 Å². The monoisotopic (exact) mass is 575 g/mol. The highest BCUT2D eigenvalue weighted by atomic mass is 127.